The molecule has 2 aromatic heterocycles. The number of aromatic nitrogens is 1. The number of amides is 1. The van der Waals surface area contributed by atoms with Crippen molar-refractivity contribution in [1.82, 2.24) is 15.2 Å². The lowest BCUT2D eigenvalue weighted by molar-refractivity contribution is 0.0892. The third-order valence-corrected chi connectivity index (χ3v) is 6.58. The molecule has 0 saturated carbocycles. The fourth-order valence-electron chi connectivity index (χ4n) is 4.05. The first-order valence-corrected chi connectivity index (χ1v) is 11.2. The van der Waals surface area contributed by atoms with Crippen LogP contribution in [0, 0.1) is 5.92 Å². The molecule has 0 bridgehead atoms. The van der Waals surface area contributed by atoms with Gasteiger partial charge in [-0.2, -0.15) is 0 Å². The second-order valence-electron chi connectivity index (χ2n) is 7.64. The van der Waals surface area contributed by atoms with Gasteiger partial charge >= 0.3 is 0 Å². The number of likely N-dealkylation sites (tertiary alicyclic amines) is 1. The number of hydrogen-bond acceptors (Lipinski definition) is 5. The van der Waals surface area contributed by atoms with Gasteiger partial charge in [-0.3, -0.25) is 14.7 Å². The summed E-state index contributed by atoms with van der Waals surface area (Å²) in [4.78, 5) is 20.5. The van der Waals surface area contributed by atoms with E-state index in [1.807, 2.05) is 47.8 Å². The van der Waals surface area contributed by atoms with Crippen molar-refractivity contribution in [1.29, 1.82) is 0 Å². The second-order valence-corrected chi connectivity index (χ2v) is 8.59. The van der Waals surface area contributed by atoms with Crippen LogP contribution >= 0.6 is 11.3 Å². The highest BCUT2D eigenvalue weighted by Gasteiger charge is 2.30. The molecule has 1 fully saturated rings. The summed E-state index contributed by atoms with van der Waals surface area (Å²) in [5.74, 6) is 1.24. The van der Waals surface area contributed by atoms with Crippen LogP contribution in [0.5, 0.6) is 5.75 Å². The predicted molar refractivity (Wildman–Crippen MR) is 120 cm³/mol. The number of thiophene rings is 1. The van der Waals surface area contributed by atoms with E-state index in [9.17, 15) is 4.79 Å². The lowest BCUT2D eigenvalue weighted by Crippen LogP contribution is -2.40. The molecule has 3 heterocycles. The summed E-state index contributed by atoms with van der Waals surface area (Å²) in [5.41, 5.74) is 2.23. The Bertz CT molecular complexity index is 921. The third kappa shape index (κ3) is 5.07. The number of ether oxygens (including phenoxy) is 1. The summed E-state index contributed by atoms with van der Waals surface area (Å²) in [7, 11) is 1.69. The van der Waals surface area contributed by atoms with Crippen molar-refractivity contribution < 1.29 is 9.53 Å². The van der Waals surface area contributed by atoms with Crippen molar-refractivity contribution in [2.45, 2.75) is 25.4 Å². The van der Waals surface area contributed by atoms with Gasteiger partial charge in [-0.1, -0.05) is 24.3 Å². The number of carbonyl (C=O) groups is 1. The molecule has 1 aliphatic rings. The van der Waals surface area contributed by atoms with E-state index in [1.54, 1.807) is 13.3 Å². The van der Waals surface area contributed by atoms with E-state index in [-0.39, 0.29) is 11.9 Å². The molecule has 156 valence electrons. The maximum absolute atomic E-state index is 12.7. The zero-order valence-electron chi connectivity index (χ0n) is 17.2. The van der Waals surface area contributed by atoms with Crippen molar-refractivity contribution in [2.24, 2.45) is 5.92 Å². The Morgan fingerprint density at radius 1 is 1.17 bits per heavy atom. The zero-order chi connectivity index (χ0) is 20.8. The van der Waals surface area contributed by atoms with Gasteiger partial charge in [-0.25, -0.2) is 0 Å². The quantitative estimate of drug-likeness (QED) is 0.609. The molecule has 1 aliphatic heterocycles. The smallest absolute Gasteiger partial charge is 0.261 e. The van der Waals surface area contributed by atoms with Gasteiger partial charge in [0.05, 0.1) is 23.7 Å². The molecular weight excluding hydrogens is 394 g/mol. The average molecular weight is 422 g/mol. The van der Waals surface area contributed by atoms with Crippen molar-refractivity contribution >= 4 is 17.2 Å². The fourth-order valence-corrected chi connectivity index (χ4v) is 4.67. The number of hydrogen-bond donors (Lipinski definition) is 1. The Morgan fingerprint density at radius 2 is 1.97 bits per heavy atom. The standard InChI is InChI=1S/C24H27N3O2S/c1-29-20-9-7-18(8-10-20)17-27-14-11-19(12-15-27)23(21-5-2-3-13-25-21)26-24(28)22-6-4-16-30-22/h2-10,13,16,19,23H,11-12,14-15,17H2,1H3,(H,26,28). The van der Waals surface area contributed by atoms with E-state index < -0.39 is 0 Å². The molecule has 1 saturated heterocycles. The second kappa shape index (κ2) is 9.87. The molecule has 1 atom stereocenters. The molecule has 0 aliphatic carbocycles. The first kappa shape index (κ1) is 20.6. The van der Waals surface area contributed by atoms with Gasteiger partial charge < -0.3 is 10.1 Å². The molecule has 6 heteroatoms. The number of carbonyl (C=O) groups excluding carboxylic acids is 1. The Balaban J connectivity index is 1.40. The molecule has 1 N–H and O–H groups in total. The molecule has 1 aromatic carbocycles. The number of benzene rings is 1. The van der Waals surface area contributed by atoms with E-state index >= 15 is 0 Å². The fraction of sp³-hybridized carbons (Fsp3) is 0.333. The molecule has 1 unspecified atom stereocenters. The van der Waals surface area contributed by atoms with Gasteiger partial charge in [0.15, 0.2) is 0 Å². The highest BCUT2D eigenvalue weighted by Crippen LogP contribution is 2.31. The molecule has 0 radical (unpaired) electrons. The van der Waals surface area contributed by atoms with Gasteiger partial charge in [0, 0.05) is 12.7 Å². The van der Waals surface area contributed by atoms with E-state index in [4.69, 9.17) is 4.74 Å². The molecule has 4 rings (SSSR count). The van der Waals surface area contributed by atoms with Crippen molar-refractivity contribution in [3.05, 3.63) is 82.3 Å². The Hall–Kier alpha value is -2.70. The summed E-state index contributed by atoms with van der Waals surface area (Å²) in [6, 6.07) is 17.9. The first-order valence-electron chi connectivity index (χ1n) is 10.3. The lowest BCUT2D eigenvalue weighted by Gasteiger charge is -2.36. The molecule has 5 nitrogen and oxygen atoms in total. The van der Waals surface area contributed by atoms with Crippen LogP contribution in [0.3, 0.4) is 0 Å². The van der Waals surface area contributed by atoms with Crippen LogP contribution in [0.2, 0.25) is 0 Å². The molecular formula is C24H27N3O2S. The Morgan fingerprint density at radius 3 is 2.60 bits per heavy atom. The van der Waals surface area contributed by atoms with Gasteiger partial charge in [-0.05, 0) is 73.1 Å². The maximum Gasteiger partial charge on any atom is 0.261 e. The number of pyridine rings is 1. The Kier molecular flexibility index (Phi) is 6.77. The van der Waals surface area contributed by atoms with Crippen LogP contribution in [-0.2, 0) is 6.54 Å². The normalized spacial score (nSPS) is 16.2. The van der Waals surface area contributed by atoms with Gasteiger partial charge in [0.2, 0.25) is 0 Å². The van der Waals surface area contributed by atoms with Crippen LogP contribution in [0.1, 0.15) is 39.8 Å². The lowest BCUT2D eigenvalue weighted by atomic mass is 9.87. The number of piperidine rings is 1. The van der Waals surface area contributed by atoms with E-state index in [2.05, 4.69) is 27.3 Å². The minimum absolute atomic E-state index is 0.0127. The minimum atomic E-state index is -0.0658. The molecule has 1 amide bonds. The summed E-state index contributed by atoms with van der Waals surface area (Å²) < 4.78 is 5.25. The monoisotopic (exact) mass is 421 g/mol. The van der Waals surface area contributed by atoms with Crippen LogP contribution in [0.25, 0.3) is 0 Å². The van der Waals surface area contributed by atoms with Crippen LogP contribution in [0.4, 0.5) is 0 Å². The maximum atomic E-state index is 12.7. The highest BCUT2D eigenvalue weighted by molar-refractivity contribution is 7.12. The van der Waals surface area contributed by atoms with E-state index in [0.717, 1.165) is 48.8 Å². The van der Waals surface area contributed by atoms with Crippen molar-refractivity contribution in [2.75, 3.05) is 20.2 Å². The molecule has 0 spiro atoms. The van der Waals surface area contributed by atoms with E-state index in [1.165, 1.54) is 16.9 Å². The molecule has 30 heavy (non-hydrogen) atoms. The third-order valence-electron chi connectivity index (χ3n) is 5.71. The summed E-state index contributed by atoms with van der Waals surface area (Å²) in [6.07, 6.45) is 3.86. The van der Waals surface area contributed by atoms with Gasteiger partial charge in [0.1, 0.15) is 5.75 Å². The van der Waals surface area contributed by atoms with Crippen molar-refractivity contribution in [3.63, 3.8) is 0 Å². The predicted octanol–water partition coefficient (Wildman–Crippen LogP) is 4.54. The zero-order valence-corrected chi connectivity index (χ0v) is 18.0. The minimum Gasteiger partial charge on any atom is -0.497 e. The molecule has 3 aromatic rings. The topological polar surface area (TPSA) is 54.5 Å². The van der Waals surface area contributed by atoms with Crippen LogP contribution in [-0.4, -0.2) is 36.0 Å². The first-order chi connectivity index (χ1) is 14.7. The largest absolute Gasteiger partial charge is 0.497 e. The van der Waals surface area contributed by atoms with Gasteiger partial charge in [-0.15, -0.1) is 11.3 Å². The average Bonchev–Trinajstić information content (AvgIpc) is 3.34. The summed E-state index contributed by atoms with van der Waals surface area (Å²) in [5, 5.41) is 5.19. The van der Waals surface area contributed by atoms with E-state index in [0.29, 0.717) is 5.92 Å². The highest BCUT2D eigenvalue weighted by atomic mass is 32.1. The van der Waals surface area contributed by atoms with Gasteiger partial charge in [0.25, 0.3) is 5.91 Å². The number of methoxy groups -OCH3 is 1. The number of nitrogens with one attached hydrogen (secondary N) is 1. The van der Waals surface area contributed by atoms with Crippen molar-refractivity contribution in [3.8, 4) is 5.75 Å². The van der Waals surface area contributed by atoms with Crippen LogP contribution < -0.4 is 10.1 Å². The SMILES string of the molecule is COc1ccc(CN2CCC(C(NC(=O)c3cccs3)c3ccccn3)CC2)cc1. The van der Waals surface area contributed by atoms with Crippen LogP contribution in [0.15, 0.2) is 66.2 Å². The summed E-state index contributed by atoms with van der Waals surface area (Å²) in [6.45, 7) is 2.95. The number of nitrogens with zero attached hydrogens (tertiary/aromatic N) is 2. The Labute approximate surface area is 181 Å². The number of rotatable bonds is 7. The summed E-state index contributed by atoms with van der Waals surface area (Å²) >= 11 is 1.47.